The predicted molar refractivity (Wildman–Crippen MR) is 114 cm³/mol. The SMILES string of the molecule is CC(C)(C)[Si](OC[C@](C)(N)c1nnn(C(F)F)n1)(c1ccccc1)c1ccccc1. The number of tetrazole rings is 1. The van der Waals surface area contributed by atoms with Crippen molar-refractivity contribution in [2.45, 2.75) is 44.8 Å². The number of nitrogens with zero attached hydrogens (tertiary/aromatic N) is 4. The fourth-order valence-corrected chi connectivity index (χ4v) is 8.29. The number of nitrogens with two attached hydrogens (primary N) is 1. The van der Waals surface area contributed by atoms with Crippen LogP contribution in [-0.2, 0) is 9.96 Å². The third-order valence-corrected chi connectivity index (χ3v) is 10.1. The lowest BCUT2D eigenvalue weighted by molar-refractivity contribution is 0.0389. The molecule has 3 aromatic rings. The molecule has 0 aliphatic rings. The van der Waals surface area contributed by atoms with Crippen molar-refractivity contribution in [3.05, 3.63) is 66.5 Å². The van der Waals surface area contributed by atoms with E-state index in [1.165, 1.54) is 0 Å². The first-order valence-corrected chi connectivity index (χ1v) is 11.6. The normalized spacial score (nSPS) is 14.7. The maximum atomic E-state index is 12.9. The summed E-state index contributed by atoms with van der Waals surface area (Å²) in [6, 6.07) is 20.2. The Labute approximate surface area is 176 Å². The maximum absolute atomic E-state index is 12.9. The van der Waals surface area contributed by atoms with Gasteiger partial charge in [0.05, 0.1) is 12.1 Å². The van der Waals surface area contributed by atoms with Gasteiger partial charge in [-0.3, -0.25) is 0 Å². The van der Waals surface area contributed by atoms with E-state index >= 15 is 0 Å². The molecule has 0 saturated carbocycles. The third kappa shape index (κ3) is 4.18. The van der Waals surface area contributed by atoms with Crippen LogP contribution >= 0.6 is 0 Å². The lowest BCUT2D eigenvalue weighted by Crippen LogP contribution is -2.67. The highest BCUT2D eigenvalue weighted by molar-refractivity contribution is 6.99. The Kier molecular flexibility index (Phi) is 6.16. The van der Waals surface area contributed by atoms with E-state index in [0.717, 1.165) is 10.4 Å². The van der Waals surface area contributed by atoms with Crippen molar-refractivity contribution < 1.29 is 13.2 Å². The number of benzene rings is 2. The quantitative estimate of drug-likeness (QED) is 0.582. The second-order valence-electron chi connectivity index (χ2n) is 8.58. The lowest BCUT2D eigenvalue weighted by Gasteiger charge is -2.44. The molecule has 2 N–H and O–H groups in total. The summed E-state index contributed by atoms with van der Waals surface area (Å²) in [5, 5.41) is 12.8. The lowest BCUT2D eigenvalue weighted by atomic mass is 10.1. The van der Waals surface area contributed by atoms with Crippen molar-refractivity contribution in [3.63, 3.8) is 0 Å². The Morgan fingerprint density at radius 3 is 1.87 bits per heavy atom. The van der Waals surface area contributed by atoms with Crippen LogP contribution < -0.4 is 16.1 Å². The summed E-state index contributed by atoms with van der Waals surface area (Å²) < 4.78 is 32.5. The standard InChI is InChI=1S/C21H27F2N5OSi/c1-20(2,3)30(16-11-7-5-8-12-16,17-13-9-6-10-14-17)29-15-21(4,24)18-25-27-28(26-18)19(22)23/h5-14,19H,15,24H2,1-4H3/t21-/m0/s1. The van der Waals surface area contributed by atoms with Gasteiger partial charge < -0.3 is 10.2 Å². The van der Waals surface area contributed by atoms with Crippen molar-refractivity contribution in [2.75, 3.05) is 6.61 Å². The van der Waals surface area contributed by atoms with Gasteiger partial charge >= 0.3 is 6.55 Å². The van der Waals surface area contributed by atoms with Crippen LogP contribution in [0.5, 0.6) is 0 Å². The molecule has 0 unspecified atom stereocenters. The molecule has 0 aliphatic carbocycles. The van der Waals surface area contributed by atoms with E-state index in [1.54, 1.807) is 6.92 Å². The summed E-state index contributed by atoms with van der Waals surface area (Å²) in [5.41, 5.74) is 5.24. The second kappa shape index (κ2) is 8.33. The summed E-state index contributed by atoms with van der Waals surface area (Å²) in [6.07, 6.45) is 0. The Morgan fingerprint density at radius 2 is 1.47 bits per heavy atom. The highest BCUT2D eigenvalue weighted by Gasteiger charge is 2.51. The third-order valence-electron chi connectivity index (χ3n) is 5.12. The zero-order chi connectivity index (χ0) is 22.0. The molecular formula is C21H27F2N5OSi. The van der Waals surface area contributed by atoms with Gasteiger partial charge in [0.25, 0.3) is 8.32 Å². The van der Waals surface area contributed by atoms with Crippen molar-refractivity contribution in [3.8, 4) is 0 Å². The average Bonchev–Trinajstić information content (AvgIpc) is 3.21. The highest BCUT2D eigenvalue weighted by Crippen LogP contribution is 2.37. The number of hydrogen-bond donors (Lipinski definition) is 1. The van der Waals surface area contributed by atoms with Crippen LogP contribution in [0.4, 0.5) is 8.78 Å². The molecule has 0 aliphatic heterocycles. The van der Waals surface area contributed by atoms with E-state index in [0.29, 0.717) is 0 Å². The summed E-state index contributed by atoms with van der Waals surface area (Å²) in [4.78, 5) is 0.253. The van der Waals surface area contributed by atoms with Crippen molar-refractivity contribution in [2.24, 2.45) is 5.73 Å². The molecule has 2 aromatic carbocycles. The molecule has 9 heteroatoms. The molecule has 0 bridgehead atoms. The first-order chi connectivity index (χ1) is 14.1. The molecule has 30 heavy (non-hydrogen) atoms. The smallest absolute Gasteiger partial charge is 0.350 e. The van der Waals surface area contributed by atoms with E-state index in [4.69, 9.17) is 10.2 Å². The van der Waals surface area contributed by atoms with E-state index in [1.807, 2.05) is 36.4 Å². The van der Waals surface area contributed by atoms with E-state index < -0.39 is 20.4 Å². The summed E-state index contributed by atoms with van der Waals surface area (Å²) >= 11 is 0. The van der Waals surface area contributed by atoms with Gasteiger partial charge in [0.15, 0.2) is 5.82 Å². The molecule has 3 rings (SSSR count). The molecule has 6 nitrogen and oxygen atoms in total. The fourth-order valence-electron chi connectivity index (χ4n) is 3.62. The number of rotatable bonds is 7. The fraction of sp³-hybridized carbons (Fsp3) is 0.381. The molecule has 0 spiro atoms. The Bertz CT molecular complexity index is 919. The Morgan fingerprint density at radius 1 is 0.967 bits per heavy atom. The summed E-state index contributed by atoms with van der Waals surface area (Å²) in [6.45, 7) is 5.29. The minimum Gasteiger partial charge on any atom is -0.405 e. The van der Waals surface area contributed by atoms with Gasteiger partial charge in [0, 0.05) is 0 Å². The molecule has 0 saturated heterocycles. The highest BCUT2D eigenvalue weighted by atomic mass is 28.4. The molecular weight excluding hydrogens is 404 g/mol. The zero-order valence-electron chi connectivity index (χ0n) is 17.6. The van der Waals surface area contributed by atoms with Crippen LogP contribution in [-0.4, -0.2) is 35.1 Å². The van der Waals surface area contributed by atoms with Crippen LogP contribution in [0.2, 0.25) is 5.04 Å². The first kappa shape index (κ1) is 22.2. The van der Waals surface area contributed by atoms with Crippen LogP contribution in [0, 0.1) is 0 Å². The first-order valence-electron chi connectivity index (χ1n) is 9.70. The molecule has 1 atom stereocenters. The minimum absolute atomic E-state index is 0.0146. The molecule has 1 heterocycles. The van der Waals surface area contributed by atoms with Gasteiger partial charge in [-0.15, -0.1) is 10.2 Å². The number of aromatic nitrogens is 4. The maximum Gasteiger partial charge on any atom is 0.350 e. The zero-order valence-corrected chi connectivity index (χ0v) is 18.6. The summed E-state index contributed by atoms with van der Waals surface area (Å²) in [7, 11) is -2.82. The number of hydrogen-bond acceptors (Lipinski definition) is 5. The van der Waals surface area contributed by atoms with Crippen molar-refractivity contribution in [1.29, 1.82) is 0 Å². The van der Waals surface area contributed by atoms with Crippen molar-refractivity contribution in [1.82, 2.24) is 20.2 Å². The number of halogens is 2. The van der Waals surface area contributed by atoms with Crippen LogP contribution in [0.25, 0.3) is 0 Å². The summed E-state index contributed by atoms with van der Waals surface area (Å²) in [5.74, 6) is 0.0146. The van der Waals surface area contributed by atoms with Gasteiger partial charge in [0.2, 0.25) is 0 Å². The molecule has 1 aromatic heterocycles. The van der Waals surface area contributed by atoms with E-state index in [9.17, 15) is 8.78 Å². The van der Waals surface area contributed by atoms with Crippen molar-refractivity contribution >= 4 is 18.7 Å². The van der Waals surface area contributed by atoms with Crippen LogP contribution in [0.1, 0.15) is 40.1 Å². The van der Waals surface area contributed by atoms with Gasteiger partial charge in [-0.25, -0.2) is 0 Å². The van der Waals surface area contributed by atoms with Crippen LogP contribution in [0.15, 0.2) is 60.7 Å². The van der Waals surface area contributed by atoms with E-state index in [2.05, 4.69) is 60.4 Å². The topological polar surface area (TPSA) is 78.9 Å². The molecule has 0 amide bonds. The van der Waals surface area contributed by atoms with Gasteiger partial charge in [-0.2, -0.15) is 8.78 Å². The minimum atomic E-state index is -2.88. The monoisotopic (exact) mass is 431 g/mol. The van der Waals surface area contributed by atoms with Crippen LogP contribution in [0.3, 0.4) is 0 Å². The largest absolute Gasteiger partial charge is 0.405 e. The molecule has 0 fully saturated rings. The molecule has 0 radical (unpaired) electrons. The van der Waals surface area contributed by atoms with E-state index in [-0.39, 0.29) is 22.3 Å². The van der Waals surface area contributed by atoms with Gasteiger partial charge in [0.1, 0.15) is 0 Å². The van der Waals surface area contributed by atoms with Gasteiger partial charge in [-0.1, -0.05) is 86.2 Å². The van der Waals surface area contributed by atoms with Gasteiger partial charge in [-0.05, 0) is 27.5 Å². The Hall–Kier alpha value is -2.49. The predicted octanol–water partition coefficient (Wildman–Crippen LogP) is 2.82. The average molecular weight is 432 g/mol. The Balaban J connectivity index is 2.05. The molecule has 160 valence electrons. The number of alkyl halides is 2. The second-order valence-corrected chi connectivity index (χ2v) is 12.9.